The Kier molecular flexibility index (Phi) is 6.00. The van der Waals surface area contributed by atoms with Crippen LogP contribution in [0.5, 0.6) is 0 Å². The number of carbonyl (C=O) groups is 1. The molecule has 1 rings (SSSR count). The number of thiocarbonyl (C=S) groups is 1. The average molecular weight is 268 g/mol. The van der Waals surface area contributed by atoms with E-state index in [1.807, 2.05) is 49.3 Å². The molecule has 0 spiro atoms. The third kappa shape index (κ3) is 5.70. The van der Waals surface area contributed by atoms with Gasteiger partial charge in [0.1, 0.15) is 4.32 Å². The lowest BCUT2D eigenvalue weighted by Crippen LogP contribution is -2.26. The molecule has 0 radical (unpaired) electrons. The molecule has 0 atom stereocenters. The van der Waals surface area contributed by atoms with Crippen molar-refractivity contribution < 1.29 is 4.79 Å². The van der Waals surface area contributed by atoms with Gasteiger partial charge in [-0.1, -0.05) is 54.3 Å². The van der Waals surface area contributed by atoms with Crippen molar-refractivity contribution in [3.05, 3.63) is 35.9 Å². The molecule has 0 aromatic heterocycles. The summed E-state index contributed by atoms with van der Waals surface area (Å²) in [5.74, 6) is 0.368. The van der Waals surface area contributed by atoms with Crippen LogP contribution in [-0.4, -0.2) is 35.0 Å². The van der Waals surface area contributed by atoms with Gasteiger partial charge in [-0.15, -0.1) is 0 Å². The molecule has 1 N–H and O–H groups in total. The Labute approximate surface area is 112 Å². The third-order valence-electron chi connectivity index (χ3n) is 2.02. The standard InChI is InChI=1S/C12H16N2OS2/c1-14(2)12(16)17-9-11(15)13-8-10-6-4-3-5-7-10/h3-7H,8-9H2,1-2H3,(H,13,15). The lowest BCUT2D eigenvalue weighted by Gasteiger charge is -2.12. The fraction of sp³-hybridized carbons (Fsp3) is 0.333. The zero-order valence-electron chi connectivity index (χ0n) is 9.97. The third-order valence-corrected chi connectivity index (χ3v) is 3.76. The van der Waals surface area contributed by atoms with Crippen molar-refractivity contribution in [1.29, 1.82) is 0 Å². The maximum absolute atomic E-state index is 11.5. The fourth-order valence-corrected chi connectivity index (χ4v) is 1.90. The highest BCUT2D eigenvalue weighted by atomic mass is 32.2. The van der Waals surface area contributed by atoms with E-state index in [0.29, 0.717) is 12.3 Å². The highest BCUT2D eigenvalue weighted by Gasteiger charge is 2.05. The number of hydrogen-bond donors (Lipinski definition) is 1. The minimum absolute atomic E-state index is 0.00283. The molecule has 92 valence electrons. The lowest BCUT2D eigenvalue weighted by molar-refractivity contribution is -0.118. The zero-order chi connectivity index (χ0) is 12.7. The maximum Gasteiger partial charge on any atom is 0.230 e. The van der Waals surface area contributed by atoms with Crippen LogP contribution in [0.25, 0.3) is 0 Å². The summed E-state index contributed by atoms with van der Waals surface area (Å²) in [6.45, 7) is 0.564. The minimum atomic E-state index is 0.00283. The molecule has 3 nitrogen and oxygen atoms in total. The van der Waals surface area contributed by atoms with Gasteiger partial charge in [-0.25, -0.2) is 0 Å². The summed E-state index contributed by atoms with van der Waals surface area (Å²) in [5, 5.41) is 2.86. The molecule has 1 aromatic rings. The van der Waals surface area contributed by atoms with Gasteiger partial charge in [0.15, 0.2) is 0 Å². The van der Waals surface area contributed by atoms with Gasteiger partial charge < -0.3 is 10.2 Å². The first kappa shape index (κ1) is 14.0. The number of nitrogens with one attached hydrogen (secondary N) is 1. The van der Waals surface area contributed by atoms with E-state index in [2.05, 4.69) is 5.32 Å². The normalized spacial score (nSPS) is 9.76. The molecular weight excluding hydrogens is 252 g/mol. The Morgan fingerprint density at radius 1 is 1.35 bits per heavy atom. The molecule has 5 heteroatoms. The second-order valence-corrected chi connectivity index (χ2v) is 5.32. The molecular formula is C12H16N2OS2. The van der Waals surface area contributed by atoms with Crippen molar-refractivity contribution in [3.63, 3.8) is 0 Å². The summed E-state index contributed by atoms with van der Waals surface area (Å²) in [6, 6.07) is 9.83. The Hall–Kier alpha value is -1.07. The second-order valence-electron chi connectivity index (χ2n) is 3.71. The van der Waals surface area contributed by atoms with E-state index in [0.717, 1.165) is 9.88 Å². The molecule has 0 saturated carbocycles. The molecule has 0 bridgehead atoms. The largest absolute Gasteiger partial charge is 0.364 e. The monoisotopic (exact) mass is 268 g/mol. The average Bonchev–Trinajstić information content (AvgIpc) is 2.34. The highest BCUT2D eigenvalue weighted by molar-refractivity contribution is 8.23. The SMILES string of the molecule is CN(C)C(=S)SCC(=O)NCc1ccccc1. The van der Waals surface area contributed by atoms with Crippen molar-refractivity contribution in [3.8, 4) is 0 Å². The van der Waals surface area contributed by atoms with Crippen molar-refractivity contribution in [2.75, 3.05) is 19.8 Å². The van der Waals surface area contributed by atoms with Crippen LogP contribution in [0.1, 0.15) is 5.56 Å². The summed E-state index contributed by atoms with van der Waals surface area (Å²) < 4.78 is 0.722. The van der Waals surface area contributed by atoms with Gasteiger partial charge in [0.05, 0.1) is 5.75 Å². The molecule has 0 saturated heterocycles. The number of rotatable bonds is 4. The van der Waals surface area contributed by atoms with E-state index in [-0.39, 0.29) is 5.91 Å². The molecule has 17 heavy (non-hydrogen) atoms. The van der Waals surface area contributed by atoms with Gasteiger partial charge in [0.2, 0.25) is 5.91 Å². The summed E-state index contributed by atoms with van der Waals surface area (Å²) in [7, 11) is 3.74. The number of nitrogens with zero attached hydrogens (tertiary/aromatic N) is 1. The van der Waals surface area contributed by atoms with E-state index in [1.54, 1.807) is 0 Å². The number of benzene rings is 1. The van der Waals surface area contributed by atoms with Crippen LogP contribution in [0, 0.1) is 0 Å². The van der Waals surface area contributed by atoms with Gasteiger partial charge in [0, 0.05) is 20.6 Å². The number of carbonyl (C=O) groups excluding carboxylic acids is 1. The van der Waals surface area contributed by atoms with Crippen molar-refractivity contribution in [2.24, 2.45) is 0 Å². The van der Waals surface area contributed by atoms with Gasteiger partial charge >= 0.3 is 0 Å². The summed E-state index contributed by atoms with van der Waals surface area (Å²) in [5.41, 5.74) is 1.10. The van der Waals surface area contributed by atoms with E-state index in [1.165, 1.54) is 11.8 Å². The summed E-state index contributed by atoms with van der Waals surface area (Å²) >= 11 is 6.46. The summed E-state index contributed by atoms with van der Waals surface area (Å²) in [6.07, 6.45) is 0. The van der Waals surface area contributed by atoms with Gasteiger partial charge in [0.25, 0.3) is 0 Å². The smallest absolute Gasteiger partial charge is 0.230 e. The zero-order valence-corrected chi connectivity index (χ0v) is 11.6. The Morgan fingerprint density at radius 3 is 2.59 bits per heavy atom. The van der Waals surface area contributed by atoms with Crippen LogP contribution in [-0.2, 0) is 11.3 Å². The number of thioether (sulfide) groups is 1. The Bertz CT molecular complexity index is 379. The van der Waals surface area contributed by atoms with E-state index < -0.39 is 0 Å². The number of hydrogen-bond acceptors (Lipinski definition) is 3. The first-order chi connectivity index (χ1) is 8.09. The van der Waals surface area contributed by atoms with Gasteiger partial charge in [-0.05, 0) is 5.56 Å². The lowest BCUT2D eigenvalue weighted by atomic mass is 10.2. The molecule has 0 aliphatic heterocycles. The van der Waals surface area contributed by atoms with Crippen LogP contribution < -0.4 is 5.32 Å². The topological polar surface area (TPSA) is 32.3 Å². The Morgan fingerprint density at radius 2 is 2.00 bits per heavy atom. The molecule has 0 aliphatic rings. The minimum Gasteiger partial charge on any atom is -0.364 e. The fourth-order valence-electron chi connectivity index (χ4n) is 1.10. The molecule has 0 unspecified atom stereocenters. The first-order valence-corrected chi connectivity index (χ1v) is 6.63. The van der Waals surface area contributed by atoms with Crippen LogP contribution in [0.15, 0.2) is 30.3 Å². The van der Waals surface area contributed by atoms with Crippen LogP contribution in [0.3, 0.4) is 0 Å². The van der Waals surface area contributed by atoms with E-state index in [9.17, 15) is 4.79 Å². The second kappa shape index (κ2) is 7.29. The molecule has 0 heterocycles. The molecule has 0 aliphatic carbocycles. The van der Waals surface area contributed by atoms with Crippen molar-refractivity contribution in [2.45, 2.75) is 6.54 Å². The highest BCUT2D eigenvalue weighted by Crippen LogP contribution is 2.06. The molecule has 0 fully saturated rings. The maximum atomic E-state index is 11.5. The Balaban J connectivity index is 2.24. The predicted molar refractivity (Wildman–Crippen MR) is 77.0 cm³/mol. The van der Waals surface area contributed by atoms with Crippen LogP contribution >= 0.6 is 24.0 Å². The van der Waals surface area contributed by atoms with E-state index >= 15 is 0 Å². The van der Waals surface area contributed by atoms with Gasteiger partial charge in [-0.3, -0.25) is 4.79 Å². The summed E-state index contributed by atoms with van der Waals surface area (Å²) in [4.78, 5) is 13.4. The van der Waals surface area contributed by atoms with Crippen molar-refractivity contribution in [1.82, 2.24) is 10.2 Å². The van der Waals surface area contributed by atoms with Crippen molar-refractivity contribution >= 4 is 34.2 Å². The quantitative estimate of drug-likeness (QED) is 0.845. The van der Waals surface area contributed by atoms with Crippen LogP contribution in [0.4, 0.5) is 0 Å². The van der Waals surface area contributed by atoms with E-state index in [4.69, 9.17) is 12.2 Å². The predicted octanol–water partition coefficient (Wildman–Crippen LogP) is 1.88. The first-order valence-electron chi connectivity index (χ1n) is 5.24. The molecule has 1 aromatic carbocycles. The number of amides is 1. The van der Waals surface area contributed by atoms with Gasteiger partial charge in [-0.2, -0.15) is 0 Å². The van der Waals surface area contributed by atoms with Crippen LogP contribution in [0.2, 0.25) is 0 Å². The molecule has 1 amide bonds.